The van der Waals surface area contributed by atoms with E-state index in [1.54, 1.807) is 0 Å². The predicted octanol–water partition coefficient (Wildman–Crippen LogP) is 4.25. The normalized spacial score (nSPS) is 21.4. The Morgan fingerprint density at radius 1 is 1.14 bits per heavy atom. The average Bonchev–Trinajstić information content (AvgIpc) is 2.73. The molecule has 0 spiro atoms. The van der Waals surface area contributed by atoms with E-state index >= 15 is 0 Å². The molecule has 5 rings (SSSR count). The van der Waals surface area contributed by atoms with Gasteiger partial charge in [0.25, 0.3) is 5.88 Å². The van der Waals surface area contributed by atoms with E-state index in [-0.39, 0.29) is 17.4 Å². The molecule has 8 heteroatoms. The molecule has 0 bridgehead atoms. The zero-order valence-electron chi connectivity index (χ0n) is 15.9. The van der Waals surface area contributed by atoms with Crippen molar-refractivity contribution in [1.29, 1.82) is 0 Å². The van der Waals surface area contributed by atoms with Gasteiger partial charge in [-0.15, -0.1) is 0 Å². The first kappa shape index (κ1) is 18.7. The summed E-state index contributed by atoms with van der Waals surface area (Å²) in [5, 5.41) is 6.22. The summed E-state index contributed by atoms with van der Waals surface area (Å²) in [4.78, 5) is 10.9. The van der Waals surface area contributed by atoms with Crippen molar-refractivity contribution in [2.45, 2.75) is 19.1 Å². The summed E-state index contributed by atoms with van der Waals surface area (Å²) >= 11 is 12.7. The summed E-state index contributed by atoms with van der Waals surface area (Å²) in [6.45, 7) is 5.04. The van der Waals surface area contributed by atoms with E-state index in [0.717, 1.165) is 36.0 Å². The highest BCUT2D eigenvalue weighted by Crippen LogP contribution is 2.43. The lowest BCUT2D eigenvalue weighted by Crippen LogP contribution is -2.50. The van der Waals surface area contributed by atoms with E-state index in [0.29, 0.717) is 29.1 Å². The van der Waals surface area contributed by atoms with Gasteiger partial charge in [-0.2, -0.15) is 9.97 Å². The standard InChI is InChI=1S/C21H20Cl2N4O2/c1-12-10-24-8-9-27(12)19-18-20(26-21(23)25-19)29-16(11-28-18)14-6-2-4-13-5-3-7-15(22)17(13)14/h2-7,12,16,24H,8-11H2,1H3/t12-,16?/m0/s1. The van der Waals surface area contributed by atoms with E-state index in [1.807, 2.05) is 36.4 Å². The van der Waals surface area contributed by atoms with Gasteiger partial charge in [0.15, 0.2) is 11.9 Å². The van der Waals surface area contributed by atoms with E-state index in [1.165, 1.54) is 0 Å². The van der Waals surface area contributed by atoms with Crippen LogP contribution in [0.25, 0.3) is 10.8 Å². The number of fused-ring (bicyclic) bond motifs is 2. The summed E-state index contributed by atoms with van der Waals surface area (Å²) in [7, 11) is 0. The van der Waals surface area contributed by atoms with Crippen LogP contribution in [0.1, 0.15) is 18.6 Å². The molecule has 2 aliphatic heterocycles. The highest BCUT2D eigenvalue weighted by molar-refractivity contribution is 6.35. The van der Waals surface area contributed by atoms with Gasteiger partial charge in [0, 0.05) is 41.6 Å². The molecule has 3 heterocycles. The second-order valence-corrected chi connectivity index (χ2v) is 8.05. The summed E-state index contributed by atoms with van der Waals surface area (Å²) in [5.74, 6) is 1.60. The van der Waals surface area contributed by atoms with Gasteiger partial charge in [-0.25, -0.2) is 0 Å². The number of hydrogen-bond donors (Lipinski definition) is 1. The van der Waals surface area contributed by atoms with Crippen LogP contribution in [0.15, 0.2) is 36.4 Å². The summed E-state index contributed by atoms with van der Waals surface area (Å²) in [5.41, 5.74) is 0.963. The number of anilines is 1. The quantitative estimate of drug-likeness (QED) is 0.613. The fraction of sp³-hybridized carbons (Fsp3) is 0.333. The van der Waals surface area contributed by atoms with Crippen LogP contribution < -0.4 is 19.7 Å². The minimum Gasteiger partial charge on any atom is -0.481 e. The first-order valence-electron chi connectivity index (χ1n) is 9.63. The lowest BCUT2D eigenvalue weighted by molar-refractivity contribution is 0.0856. The van der Waals surface area contributed by atoms with Gasteiger partial charge >= 0.3 is 0 Å². The van der Waals surface area contributed by atoms with E-state index in [9.17, 15) is 0 Å². The molecule has 1 N–H and O–H groups in total. The molecular weight excluding hydrogens is 411 g/mol. The van der Waals surface area contributed by atoms with Gasteiger partial charge in [-0.1, -0.05) is 41.9 Å². The Labute approximate surface area is 178 Å². The zero-order chi connectivity index (χ0) is 20.0. The van der Waals surface area contributed by atoms with Crippen molar-refractivity contribution in [2.75, 3.05) is 31.1 Å². The maximum absolute atomic E-state index is 6.49. The molecule has 0 radical (unpaired) electrons. The lowest BCUT2D eigenvalue weighted by atomic mass is 10.00. The molecule has 1 aromatic heterocycles. The summed E-state index contributed by atoms with van der Waals surface area (Å²) in [6, 6.07) is 12.2. The van der Waals surface area contributed by atoms with Gasteiger partial charge in [0.2, 0.25) is 11.0 Å². The van der Waals surface area contributed by atoms with Gasteiger partial charge in [-0.3, -0.25) is 0 Å². The Morgan fingerprint density at radius 3 is 2.79 bits per heavy atom. The highest BCUT2D eigenvalue weighted by Gasteiger charge is 2.32. The Balaban J connectivity index is 1.54. The predicted molar refractivity (Wildman–Crippen MR) is 115 cm³/mol. The molecule has 1 saturated heterocycles. The Hall–Kier alpha value is -2.28. The summed E-state index contributed by atoms with van der Waals surface area (Å²) < 4.78 is 12.4. The molecule has 0 amide bonds. The average molecular weight is 431 g/mol. The third-order valence-corrected chi connectivity index (χ3v) is 5.91. The van der Waals surface area contributed by atoms with Crippen molar-refractivity contribution >= 4 is 39.8 Å². The molecule has 29 heavy (non-hydrogen) atoms. The number of ether oxygens (including phenoxy) is 2. The molecular formula is C21H20Cl2N4O2. The molecule has 1 unspecified atom stereocenters. The van der Waals surface area contributed by atoms with Crippen LogP contribution in [0.4, 0.5) is 5.82 Å². The Kier molecular flexibility index (Phi) is 4.86. The van der Waals surface area contributed by atoms with Gasteiger partial charge < -0.3 is 19.7 Å². The number of rotatable bonds is 2. The van der Waals surface area contributed by atoms with Crippen LogP contribution in [0, 0.1) is 0 Å². The van der Waals surface area contributed by atoms with E-state index in [4.69, 9.17) is 32.7 Å². The minimum absolute atomic E-state index is 0.143. The molecule has 2 aliphatic rings. The second-order valence-electron chi connectivity index (χ2n) is 7.30. The van der Waals surface area contributed by atoms with Crippen molar-refractivity contribution in [3.05, 3.63) is 52.3 Å². The van der Waals surface area contributed by atoms with E-state index < -0.39 is 0 Å². The SMILES string of the molecule is C[C@H]1CNCCN1c1nc(Cl)nc2c1OCC(c1cccc3cccc(Cl)c13)O2. The first-order chi connectivity index (χ1) is 14.1. The zero-order valence-corrected chi connectivity index (χ0v) is 17.4. The van der Waals surface area contributed by atoms with Crippen molar-refractivity contribution in [1.82, 2.24) is 15.3 Å². The van der Waals surface area contributed by atoms with Gasteiger partial charge in [-0.05, 0) is 30.0 Å². The van der Waals surface area contributed by atoms with Crippen LogP contribution in [-0.4, -0.2) is 42.3 Å². The van der Waals surface area contributed by atoms with Crippen molar-refractivity contribution in [3.63, 3.8) is 0 Å². The smallest absolute Gasteiger partial charge is 0.264 e. The lowest BCUT2D eigenvalue weighted by Gasteiger charge is -2.37. The molecule has 2 aromatic carbocycles. The van der Waals surface area contributed by atoms with Crippen LogP contribution in [-0.2, 0) is 0 Å². The largest absolute Gasteiger partial charge is 0.481 e. The number of aromatic nitrogens is 2. The van der Waals surface area contributed by atoms with Crippen molar-refractivity contribution in [2.24, 2.45) is 0 Å². The van der Waals surface area contributed by atoms with Crippen molar-refractivity contribution < 1.29 is 9.47 Å². The number of benzene rings is 2. The number of nitrogens with one attached hydrogen (secondary N) is 1. The molecule has 150 valence electrons. The summed E-state index contributed by atoms with van der Waals surface area (Å²) in [6.07, 6.45) is -0.342. The van der Waals surface area contributed by atoms with E-state index in [2.05, 4.69) is 27.1 Å². The fourth-order valence-corrected chi connectivity index (χ4v) is 4.47. The molecule has 3 aromatic rings. The topological polar surface area (TPSA) is 59.5 Å². The third kappa shape index (κ3) is 3.35. The monoisotopic (exact) mass is 430 g/mol. The maximum atomic E-state index is 6.49. The molecule has 0 aliphatic carbocycles. The molecule has 0 saturated carbocycles. The number of halogens is 2. The number of nitrogens with zero attached hydrogens (tertiary/aromatic N) is 3. The second kappa shape index (κ2) is 7.52. The van der Waals surface area contributed by atoms with Crippen LogP contribution in [0.5, 0.6) is 11.6 Å². The van der Waals surface area contributed by atoms with Crippen LogP contribution in [0.3, 0.4) is 0 Å². The molecule has 1 fully saturated rings. The Morgan fingerprint density at radius 2 is 1.97 bits per heavy atom. The third-order valence-electron chi connectivity index (χ3n) is 5.43. The van der Waals surface area contributed by atoms with Crippen molar-refractivity contribution in [3.8, 4) is 11.6 Å². The maximum Gasteiger partial charge on any atom is 0.264 e. The van der Waals surface area contributed by atoms with Crippen LogP contribution in [0.2, 0.25) is 10.3 Å². The highest BCUT2D eigenvalue weighted by atomic mass is 35.5. The molecule has 2 atom stereocenters. The van der Waals surface area contributed by atoms with Crippen LogP contribution >= 0.6 is 23.2 Å². The first-order valence-corrected chi connectivity index (χ1v) is 10.4. The fourth-order valence-electron chi connectivity index (χ4n) is 4.02. The Bertz CT molecular complexity index is 1070. The molecule has 6 nitrogen and oxygen atoms in total. The number of piperazine rings is 1. The van der Waals surface area contributed by atoms with Gasteiger partial charge in [0.05, 0.1) is 0 Å². The number of hydrogen-bond acceptors (Lipinski definition) is 6. The van der Waals surface area contributed by atoms with Gasteiger partial charge in [0.1, 0.15) is 6.61 Å². The minimum atomic E-state index is -0.342.